The van der Waals surface area contributed by atoms with E-state index in [1.54, 1.807) is 0 Å². The monoisotopic (exact) mass is 303 g/mol. The van der Waals surface area contributed by atoms with E-state index in [4.69, 9.17) is 9.47 Å². The van der Waals surface area contributed by atoms with Crippen LogP contribution < -0.4 is 4.74 Å². The Bertz CT molecular complexity index is 529. The Morgan fingerprint density at radius 2 is 1.91 bits per heavy atom. The number of amides is 1. The number of nitrogens with zero attached hydrogens (tertiary/aromatic N) is 1. The third kappa shape index (κ3) is 3.37. The van der Waals surface area contributed by atoms with Crippen molar-refractivity contribution in [1.29, 1.82) is 0 Å². The maximum absolute atomic E-state index is 12.0. The van der Waals surface area contributed by atoms with Gasteiger partial charge in [0.05, 0.1) is 6.10 Å². The molecule has 1 saturated carbocycles. The minimum absolute atomic E-state index is 0.189. The van der Waals surface area contributed by atoms with Gasteiger partial charge < -0.3 is 14.4 Å². The highest BCUT2D eigenvalue weighted by Crippen LogP contribution is 2.46. The molecule has 22 heavy (non-hydrogen) atoms. The van der Waals surface area contributed by atoms with Gasteiger partial charge in [-0.05, 0) is 52.2 Å². The maximum Gasteiger partial charge on any atom is 0.410 e. The van der Waals surface area contributed by atoms with E-state index in [1.165, 1.54) is 0 Å². The van der Waals surface area contributed by atoms with Crippen LogP contribution in [0.15, 0.2) is 30.3 Å². The molecule has 0 aromatic heterocycles. The molecule has 1 amide bonds. The number of benzene rings is 1. The molecule has 2 aliphatic rings. The molecule has 1 heterocycles. The van der Waals surface area contributed by atoms with Gasteiger partial charge in [-0.15, -0.1) is 0 Å². The Labute approximate surface area is 132 Å². The lowest BCUT2D eigenvalue weighted by Crippen LogP contribution is -2.58. The molecule has 4 nitrogen and oxygen atoms in total. The van der Waals surface area contributed by atoms with Crippen LogP contribution in [0.3, 0.4) is 0 Å². The first-order valence-corrected chi connectivity index (χ1v) is 8.05. The zero-order valence-corrected chi connectivity index (χ0v) is 13.7. The second-order valence-electron chi connectivity index (χ2n) is 7.63. The van der Waals surface area contributed by atoms with Crippen LogP contribution in [0, 0.1) is 5.41 Å². The first kappa shape index (κ1) is 15.2. The average molecular weight is 303 g/mol. The summed E-state index contributed by atoms with van der Waals surface area (Å²) in [7, 11) is 0. The molecule has 3 rings (SSSR count). The molecule has 1 atom stereocenters. The summed E-state index contributed by atoms with van der Waals surface area (Å²) in [6, 6.07) is 9.98. The molecule has 1 saturated heterocycles. The van der Waals surface area contributed by atoms with Crippen molar-refractivity contribution in [3.63, 3.8) is 0 Å². The second-order valence-corrected chi connectivity index (χ2v) is 7.63. The lowest BCUT2D eigenvalue weighted by Gasteiger charge is -2.48. The van der Waals surface area contributed by atoms with Crippen molar-refractivity contribution in [1.82, 2.24) is 4.90 Å². The molecular formula is C18H25NO3. The fraction of sp³-hybridized carbons (Fsp3) is 0.611. The fourth-order valence-electron chi connectivity index (χ4n) is 3.45. The van der Waals surface area contributed by atoms with Crippen molar-refractivity contribution in [2.45, 2.75) is 51.7 Å². The quantitative estimate of drug-likeness (QED) is 0.833. The highest BCUT2D eigenvalue weighted by atomic mass is 16.6. The summed E-state index contributed by atoms with van der Waals surface area (Å²) in [5.41, 5.74) is -0.176. The zero-order chi connectivity index (χ0) is 15.8. The molecule has 0 N–H and O–H groups in total. The van der Waals surface area contributed by atoms with Crippen LogP contribution in [-0.2, 0) is 4.74 Å². The van der Waals surface area contributed by atoms with Gasteiger partial charge >= 0.3 is 6.09 Å². The van der Waals surface area contributed by atoms with Crippen LogP contribution in [0.25, 0.3) is 0 Å². The number of carbonyl (C=O) groups is 1. The normalized spacial score (nSPS) is 23.2. The third-order valence-electron chi connectivity index (χ3n) is 4.41. The van der Waals surface area contributed by atoms with E-state index in [1.807, 2.05) is 56.0 Å². The molecular weight excluding hydrogens is 278 g/mol. The first-order chi connectivity index (χ1) is 10.4. The Kier molecular flexibility index (Phi) is 3.79. The van der Waals surface area contributed by atoms with Crippen LogP contribution in [0.2, 0.25) is 0 Å². The summed E-state index contributed by atoms with van der Waals surface area (Å²) in [4.78, 5) is 13.8. The van der Waals surface area contributed by atoms with Crippen LogP contribution in [0.5, 0.6) is 5.75 Å². The lowest BCUT2D eigenvalue weighted by molar-refractivity contribution is -0.0350. The standard InChI is InChI=1S/C18H25NO3/c1-17(2,3)22-16(20)19-12-18(13-19)10-9-15(11-18)21-14-7-5-4-6-8-14/h4-8,15H,9-13H2,1-3H3/t15-/m0/s1. The topological polar surface area (TPSA) is 38.8 Å². The largest absolute Gasteiger partial charge is 0.490 e. The number of ether oxygens (including phenoxy) is 2. The summed E-state index contributed by atoms with van der Waals surface area (Å²) in [5, 5.41) is 0. The summed E-state index contributed by atoms with van der Waals surface area (Å²) in [6.45, 7) is 7.31. The summed E-state index contributed by atoms with van der Waals surface area (Å²) in [5.74, 6) is 0.938. The number of rotatable bonds is 2. The van der Waals surface area contributed by atoms with E-state index in [2.05, 4.69) is 0 Å². The number of para-hydroxylation sites is 1. The van der Waals surface area contributed by atoms with Crippen LogP contribution in [0.1, 0.15) is 40.0 Å². The molecule has 120 valence electrons. The van der Waals surface area contributed by atoms with Crippen molar-refractivity contribution in [2.75, 3.05) is 13.1 Å². The predicted octanol–water partition coefficient (Wildman–Crippen LogP) is 3.86. The molecule has 1 aliphatic heterocycles. The molecule has 4 heteroatoms. The molecule has 1 aromatic carbocycles. The first-order valence-electron chi connectivity index (χ1n) is 8.05. The predicted molar refractivity (Wildman–Crippen MR) is 84.9 cm³/mol. The molecule has 0 unspecified atom stereocenters. The van der Waals surface area contributed by atoms with Gasteiger partial charge in [-0.25, -0.2) is 4.79 Å². The zero-order valence-electron chi connectivity index (χ0n) is 13.7. The van der Waals surface area contributed by atoms with Gasteiger partial charge in [0, 0.05) is 18.5 Å². The van der Waals surface area contributed by atoms with E-state index in [0.29, 0.717) is 0 Å². The SMILES string of the molecule is CC(C)(C)OC(=O)N1CC2(CC[C@H](Oc3ccccc3)C2)C1. The molecule has 2 fully saturated rings. The molecule has 1 spiro atoms. The third-order valence-corrected chi connectivity index (χ3v) is 4.41. The number of carbonyl (C=O) groups excluding carboxylic acids is 1. The summed E-state index contributed by atoms with van der Waals surface area (Å²) < 4.78 is 11.5. The number of hydrogen-bond acceptors (Lipinski definition) is 3. The molecule has 1 aromatic rings. The highest BCUT2D eigenvalue weighted by Gasteiger charge is 2.51. The summed E-state index contributed by atoms with van der Waals surface area (Å²) in [6.07, 6.45) is 3.30. The van der Waals surface area contributed by atoms with Gasteiger partial charge in [0.2, 0.25) is 0 Å². The number of likely N-dealkylation sites (tertiary alicyclic amines) is 1. The van der Waals surface area contributed by atoms with E-state index < -0.39 is 5.60 Å². The van der Waals surface area contributed by atoms with Gasteiger partial charge in [-0.3, -0.25) is 0 Å². The Morgan fingerprint density at radius 1 is 1.23 bits per heavy atom. The second kappa shape index (κ2) is 5.49. The van der Waals surface area contributed by atoms with E-state index in [0.717, 1.165) is 38.1 Å². The molecule has 0 bridgehead atoms. The van der Waals surface area contributed by atoms with Crippen molar-refractivity contribution >= 4 is 6.09 Å². The Morgan fingerprint density at radius 3 is 2.55 bits per heavy atom. The van der Waals surface area contributed by atoms with Gasteiger partial charge in [-0.2, -0.15) is 0 Å². The molecule has 1 aliphatic carbocycles. The van der Waals surface area contributed by atoms with Crippen LogP contribution in [-0.4, -0.2) is 35.8 Å². The Hall–Kier alpha value is -1.71. The van der Waals surface area contributed by atoms with Crippen molar-refractivity contribution in [2.24, 2.45) is 5.41 Å². The average Bonchev–Trinajstić information content (AvgIpc) is 2.80. The maximum atomic E-state index is 12.0. The van der Waals surface area contributed by atoms with Crippen molar-refractivity contribution < 1.29 is 14.3 Å². The van der Waals surface area contributed by atoms with E-state index >= 15 is 0 Å². The van der Waals surface area contributed by atoms with Gasteiger partial charge in [0.25, 0.3) is 0 Å². The molecule has 0 radical (unpaired) electrons. The highest BCUT2D eigenvalue weighted by molar-refractivity contribution is 5.69. The fourth-order valence-corrected chi connectivity index (χ4v) is 3.45. The van der Waals surface area contributed by atoms with Gasteiger partial charge in [0.1, 0.15) is 11.4 Å². The lowest BCUT2D eigenvalue weighted by atomic mass is 9.78. The van der Waals surface area contributed by atoms with Crippen molar-refractivity contribution in [3.8, 4) is 5.75 Å². The summed E-state index contributed by atoms with van der Waals surface area (Å²) >= 11 is 0. The van der Waals surface area contributed by atoms with Crippen LogP contribution >= 0.6 is 0 Å². The van der Waals surface area contributed by atoms with Crippen molar-refractivity contribution in [3.05, 3.63) is 30.3 Å². The minimum Gasteiger partial charge on any atom is -0.490 e. The van der Waals surface area contributed by atoms with E-state index in [9.17, 15) is 4.79 Å². The van der Waals surface area contributed by atoms with E-state index in [-0.39, 0.29) is 17.6 Å². The van der Waals surface area contributed by atoms with Crippen LogP contribution in [0.4, 0.5) is 4.79 Å². The Balaban J connectivity index is 1.49. The van der Waals surface area contributed by atoms with Gasteiger partial charge in [0.15, 0.2) is 0 Å². The smallest absolute Gasteiger partial charge is 0.410 e. The number of hydrogen-bond donors (Lipinski definition) is 0. The minimum atomic E-state index is -0.422. The van der Waals surface area contributed by atoms with Gasteiger partial charge in [-0.1, -0.05) is 18.2 Å².